The molecule has 0 saturated carbocycles. The van der Waals surface area contributed by atoms with Gasteiger partial charge in [0.1, 0.15) is 18.0 Å². The standard InChI is InChI=1S/C15H19BrN4/c1-3-5-13-14(17)18-10-19-15(13)20(2)9-11-6-4-7-12(16)8-11/h4,6-8,10H,3,5,9H2,1-2H3,(H2,17,18,19). The average molecular weight is 335 g/mol. The van der Waals surface area contributed by atoms with Gasteiger partial charge in [0.25, 0.3) is 0 Å². The summed E-state index contributed by atoms with van der Waals surface area (Å²) >= 11 is 3.50. The molecule has 20 heavy (non-hydrogen) atoms. The van der Waals surface area contributed by atoms with E-state index in [0.29, 0.717) is 5.82 Å². The van der Waals surface area contributed by atoms with Gasteiger partial charge in [-0.1, -0.05) is 41.4 Å². The predicted octanol–water partition coefficient (Wildman–Crippen LogP) is 3.41. The van der Waals surface area contributed by atoms with E-state index >= 15 is 0 Å². The monoisotopic (exact) mass is 334 g/mol. The Labute approximate surface area is 128 Å². The summed E-state index contributed by atoms with van der Waals surface area (Å²) in [6.07, 6.45) is 3.45. The van der Waals surface area contributed by atoms with Crippen LogP contribution in [0.2, 0.25) is 0 Å². The maximum absolute atomic E-state index is 5.98. The number of rotatable bonds is 5. The fourth-order valence-corrected chi connectivity index (χ4v) is 2.67. The first kappa shape index (κ1) is 14.8. The van der Waals surface area contributed by atoms with E-state index in [1.807, 2.05) is 19.2 Å². The summed E-state index contributed by atoms with van der Waals surface area (Å²) in [5, 5.41) is 0. The first-order chi connectivity index (χ1) is 9.61. The fraction of sp³-hybridized carbons (Fsp3) is 0.333. The second kappa shape index (κ2) is 6.70. The number of aromatic nitrogens is 2. The highest BCUT2D eigenvalue weighted by Gasteiger charge is 2.12. The minimum absolute atomic E-state index is 0.581. The number of nitrogen functional groups attached to an aromatic ring is 1. The van der Waals surface area contributed by atoms with Crippen LogP contribution in [0.4, 0.5) is 11.6 Å². The first-order valence-electron chi connectivity index (χ1n) is 6.66. The number of nitrogens with zero attached hydrogens (tertiary/aromatic N) is 3. The molecule has 1 aromatic heterocycles. The molecule has 106 valence electrons. The third-order valence-corrected chi connectivity index (χ3v) is 3.62. The van der Waals surface area contributed by atoms with E-state index in [1.165, 1.54) is 11.9 Å². The fourth-order valence-electron chi connectivity index (χ4n) is 2.22. The van der Waals surface area contributed by atoms with Crippen LogP contribution in [0.5, 0.6) is 0 Å². The summed E-state index contributed by atoms with van der Waals surface area (Å²) < 4.78 is 1.08. The first-order valence-corrected chi connectivity index (χ1v) is 7.46. The third kappa shape index (κ3) is 3.48. The van der Waals surface area contributed by atoms with E-state index in [-0.39, 0.29) is 0 Å². The molecular weight excluding hydrogens is 316 g/mol. The number of hydrogen-bond acceptors (Lipinski definition) is 4. The highest BCUT2D eigenvalue weighted by molar-refractivity contribution is 9.10. The van der Waals surface area contributed by atoms with Gasteiger partial charge in [0.2, 0.25) is 0 Å². The van der Waals surface area contributed by atoms with Crippen molar-refractivity contribution in [2.24, 2.45) is 0 Å². The highest BCUT2D eigenvalue weighted by atomic mass is 79.9. The smallest absolute Gasteiger partial charge is 0.137 e. The number of anilines is 2. The van der Waals surface area contributed by atoms with E-state index in [2.05, 4.69) is 49.9 Å². The second-order valence-electron chi connectivity index (χ2n) is 4.80. The lowest BCUT2D eigenvalue weighted by molar-refractivity contribution is 0.845. The lowest BCUT2D eigenvalue weighted by atomic mass is 10.1. The molecule has 0 saturated heterocycles. The Kier molecular flexibility index (Phi) is 4.95. The van der Waals surface area contributed by atoms with Crippen molar-refractivity contribution in [1.82, 2.24) is 9.97 Å². The van der Waals surface area contributed by atoms with Gasteiger partial charge in [-0.3, -0.25) is 0 Å². The van der Waals surface area contributed by atoms with Crippen LogP contribution >= 0.6 is 15.9 Å². The summed E-state index contributed by atoms with van der Waals surface area (Å²) in [4.78, 5) is 10.6. The zero-order valence-corrected chi connectivity index (χ0v) is 13.4. The summed E-state index contributed by atoms with van der Waals surface area (Å²) in [6.45, 7) is 2.91. The van der Waals surface area contributed by atoms with Crippen molar-refractivity contribution in [2.45, 2.75) is 26.3 Å². The minimum Gasteiger partial charge on any atom is -0.383 e. The Morgan fingerprint density at radius 2 is 2.10 bits per heavy atom. The molecule has 5 heteroatoms. The second-order valence-corrected chi connectivity index (χ2v) is 5.71. The highest BCUT2D eigenvalue weighted by Crippen LogP contribution is 2.24. The number of hydrogen-bond donors (Lipinski definition) is 1. The summed E-state index contributed by atoms with van der Waals surface area (Å²) in [6, 6.07) is 8.27. The molecule has 0 spiro atoms. The van der Waals surface area contributed by atoms with E-state index in [9.17, 15) is 0 Å². The van der Waals surface area contributed by atoms with Crippen molar-refractivity contribution >= 4 is 27.6 Å². The van der Waals surface area contributed by atoms with E-state index in [0.717, 1.165) is 35.2 Å². The predicted molar refractivity (Wildman–Crippen MR) is 86.7 cm³/mol. The largest absolute Gasteiger partial charge is 0.383 e. The molecule has 0 bridgehead atoms. The lowest BCUT2D eigenvalue weighted by Gasteiger charge is -2.21. The van der Waals surface area contributed by atoms with E-state index < -0.39 is 0 Å². The van der Waals surface area contributed by atoms with Crippen molar-refractivity contribution in [3.63, 3.8) is 0 Å². The molecule has 4 nitrogen and oxygen atoms in total. The topological polar surface area (TPSA) is 55.0 Å². The van der Waals surface area contributed by atoms with Crippen LogP contribution in [0, 0.1) is 0 Å². The molecular formula is C15H19BrN4. The van der Waals surface area contributed by atoms with Gasteiger partial charge in [-0.2, -0.15) is 0 Å². The van der Waals surface area contributed by atoms with Gasteiger partial charge >= 0.3 is 0 Å². The molecule has 2 aromatic rings. The van der Waals surface area contributed by atoms with Crippen molar-refractivity contribution < 1.29 is 0 Å². The Morgan fingerprint density at radius 1 is 1.30 bits per heavy atom. The van der Waals surface area contributed by atoms with Gasteiger partial charge in [0, 0.05) is 23.6 Å². The summed E-state index contributed by atoms with van der Waals surface area (Å²) in [5.41, 5.74) is 8.24. The van der Waals surface area contributed by atoms with Gasteiger partial charge in [-0.05, 0) is 24.1 Å². The zero-order valence-electron chi connectivity index (χ0n) is 11.8. The summed E-state index contributed by atoms with van der Waals surface area (Å²) in [7, 11) is 2.03. The molecule has 0 aliphatic carbocycles. The molecule has 1 aromatic carbocycles. The minimum atomic E-state index is 0.581. The maximum Gasteiger partial charge on any atom is 0.137 e. The van der Waals surface area contributed by atoms with Crippen molar-refractivity contribution in [3.05, 3.63) is 46.2 Å². The third-order valence-electron chi connectivity index (χ3n) is 3.13. The Hall–Kier alpha value is -1.62. The van der Waals surface area contributed by atoms with Crippen LogP contribution in [-0.4, -0.2) is 17.0 Å². The molecule has 0 radical (unpaired) electrons. The van der Waals surface area contributed by atoms with Crippen LogP contribution in [-0.2, 0) is 13.0 Å². The van der Waals surface area contributed by atoms with Crippen LogP contribution in [0.15, 0.2) is 35.1 Å². The zero-order chi connectivity index (χ0) is 14.5. The Balaban J connectivity index is 2.25. The Morgan fingerprint density at radius 3 is 2.80 bits per heavy atom. The van der Waals surface area contributed by atoms with Crippen LogP contribution in [0.25, 0.3) is 0 Å². The van der Waals surface area contributed by atoms with E-state index in [1.54, 1.807) is 0 Å². The Bertz CT molecular complexity index is 586. The number of nitrogens with two attached hydrogens (primary N) is 1. The van der Waals surface area contributed by atoms with Gasteiger partial charge in [0.05, 0.1) is 0 Å². The number of benzene rings is 1. The number of halogens is 1. The van der Waals surface area contributed by atoms with Crippen molar-refractivity contribution in [3.8, 4) is 0 Å². The quantitative estimate of drug-likeness (QED) is 0.910. The van der Waals surface area contributed by atoms with Crippen LogP contribution < -0.4 is 10.6 Å². The molecule has 0 aliphatic heterocycles. The molecule has 0 atom stereocenters. The van der Waals surface area contributed by atoms with Gasteiger partial charge < -0.3 is 10.6 Å². The molecule has 0 unspecified atom stereocenters. The van der Waals surface area contributed by atoms with Crippen molar-refractivity contribution in [2.75, 3.05) is 17.7 Å². The molecule has 0 amide bonds. The molecule has 0 fully saturated rings. The van der Waals surface area contributed by atoms with Crippen molar-refractivity contribution in [1.29, 1.82) is 0 Å². The maximum atomic E-state index is 5.98. The van der Waals surface area contributed by atoms with E-state index in [4.69, 9.17) is 5.73 Å². The van der Waals surface area contributed by atoms with Crippen LogP contribution in [0.1, 0.15) is 24.5 Å². The normalized spacial score (nSPS) is 10.6. The summed E-state index contributed by atoms with van der Waals surface area (Å²) in [5.74, 6) is 1.50. The molecule has 2 rings (SSSR count). The van der Waals surface area contributed by atoms with Gasteiger partial charge in [0.15, 0.2) is 0 Å². The van der Waals surface area contributed by atoms with Gasteiger partial charge in [-0.25, -0.2) is 9.97 Å². The van der Waals surface area contributed by atoms with Crippen LogP contribution in [0.3, 0.4) is 0 Å². The molecule has 2 N–H and O–H groups in total. The molecule has 1 heterocycles. The molecule has 0 aliphatic rings. The lowest BCUT2D eigenvalue weighted by Crippen LogP contribution is -2.20. The van der Waals surface area contributed by atoms with Gasteiger partial charge in [-0.15, -0.1) is 0 Å². The SMILES string of the molecule is CCCc1c(N)ncnc1N(C)Cc1cccc(Br)c1. The average Bonchev–Trinajstić information content (AvgIpc) is 2.41.